The Morgan fingerprint density at radius 1 is 0.923 bits per heavy atom. The molecule has 0 amide bonds. The van der Waals surface area contributed by atoms with E-state index in [1.165, 1.54) is 5.56 Å². The summed E-state index contributed by atoms with van der Waals surface area (Å²) < 4.78 is 3.61. The first-order chi connectivity index (χ1) is 12.6. The molecule has 0 bridgehead atoms. The van der Waals surface area contributed by atoms with Crippen LogP contribution in [0.1, 0.15) is 11.1 Å². The largest absolute Gasteiger partial charge is 0.284 e. The predicted molar refractivity (Wildman–Crippen MR) is 103 cm³/mol. The Morgan fingerprint density at radius 2 is 1.77 bits per heavy atom. The molecule has 3 aromatic heterocycles. The molecule has 0 aliphatic carbocycles. The molecule has 5 rings (SSSR count). The smallest absolute Gasteiger partial charge is 0.266 e. The third-order valence-corrected chi connectivity index (χ3v) is 4.97. The van der Waals surface area contributed by atoms with Gasteiger partial charge in [0.2, 0.25) is 5.78 Å². The van der Waals surface area contributed by atoms with Gasteiger partial charge in [-0.1, -0.05) is 18.2 Å². The lowest BCUT2D eigenvalue weighted by atomic mass is 10.1. The second kappa shape index (κ2) is 5.26. The minimum Gasteiger partial charge on any atom is -0.284 e. The van der Waals surface area contributed by atoms with Crippen LogP contribution in [0.25, 0.3) is 33.4 Å². The maximum Gasteiger partial charge on any atom is 0.266 e. The van der Waals surface area contributed by atoms with Gasteiger partial charge in [-0.15, -0.1) is 0 Å². The molecule has 0 unspecified atom stereocenters. The molecule has 0 aliphatic heterocycles. The van der Waals surface area contributed by atoms with Crippen molar-refractivity contribution in [2.45, 2.75) is 13.8 Å². The summed E-state index contributed by atoms with van der Waals surface area (Å²) in [5, 5.41) is 0.571. The zero-order chi connectivity index (χ0) is 17.8. The maximum atomic E-state index is 13.1. The molecule has 2 aromatic carbocycles. The lowest BCUT2D eigenvalue weighted by Gasteiger charge is -2.10. The Kier molecular flexibility index (Phi) is 3.00. The van der Waals surface area contributed by atoms with E-state index in [0.717, 1.165) is 27.8 Å². The number of aryl methyl sites for hydroxylation is 2. The molecule has 5 nitrogen and oxygen atoms in total. The second-order valence-corrected chi connectivity index (χ2v) is 6.55. The van der Waals surface area contributed by atoms with Crippen molar-refractivity contribution in [1.82, 2.24) is 18.9 Å². The Hall–Kier alpha value is -3.47. The van der Waals surface area contributed by atoms with Crippen LogP contribution in [0.2, 0.25) is 0 Å². The van der Waals surface area contributed by atoms with Gasteiger partial charge in [0.15, 0.2) is 0 Å². The number of fused-ring (bicyclic) bond motifs is 5. The van der Waals surface area contributed by atoms with Gasteiger partial charge in [-0.25, -0.2) is 9.97 Å². The summed E-state index contributed by atoms with van der Waals surface area (Å²) in [6, 6.07) is 15.8. The molecule has 0 spiro atoms. The van der Waals surface area contributed by atoms with E-state index in [4.69, 9.17) is 0 Å². The van der Waals surface area contributed by atoms with Crippen LogP contribution in [0.15, 0.2) is 65.7 Å². The lowest BCUT2D eigenvalue weighted by Crippen LogP contribution is -2.18. The van der Waals surface area contributed by atoms with Gasteiger partial charge in [-0.2, -0.15) is 0 Å². The van der Waals surface area contributed by atoms with Crippen molar-refractivity contribution in [3.05, 3.63) is 82.4 Å². The summed E-state index contributed by atoms with van der Waals surface area (Å²) in [5.74, 6) is 0.599. The highest BCUT2D eigenvalue weighted by Crippen LogP contribution is 2.21. The highest BCUT2D eigenvalue weighted by atomic mass is 16.1. The van der Waals surface area contributed by atoms with Gasteiger partial charge in [-0.3, -0.25) is 13.8 Å². The molecule has 126 valence electrons. The average Bonchev–Trinajstić information content (AvgIpc) is 3.03. The van der Waals surface area contributed by atoms with Gasteiger partial charge in [0, 0.05) is 18.1 Å². The molecule has 0 saturated heterocycles. The van der Waals surface area contributed by atoms with Crippen LogP contribution >= 0.6 is 0 Å². The zero-order valence-electron chi connectivity index (χ0n) is 14.5. The van der Waals surface area contributed by atoms with Crippen LogP contribution in [0.3, 0.4) is 0 Å². The first kappa shape index (κ1) is 14.8. The summed E-state index contributed by atoms with van der Waals surface area (Å²) in [6.45, 7) is 4.11. The molecule has 3 heterocycles. The highest BCUT2D eigenvalue weighted by Gasteiger charge is 2.12. The predicted octanol–water partition coefficient (Wildman–Crippen LogP) is 3.80. The first-order valence-corrected chi connectivity index (χ1v) is 8.49. The average molecular weight is 340 g/mol. The van der Waals surface area contributed by atoms with Gasteiger partial charge in [-0.05, 0) is 55.3 Å². The monoisotopic (exact) mass is 340 g/mol. The number of aromatic nitrogens is 4. The molecular weight excluding hydrogens is 324 g/mol. The number of nitrogens with zero attached hydrogens (tertiary/aromatic N) is 4. The molecule has 5 aromatic rings. The van der Waals surface area contributed by atoms with Crippen molar-refractivity contribution in [3.63, 3.8) is 0 Å². The minimum atomic E-state index is -0.0852. The van der Waals surface area contributed by atoms with Crippen LogP contribution in [-0.4, -0.2) is 18.9 Å². The number of rotatable bonds is 1. The normalized spacial score (nSPS) is 11.6. The molecule has 5 heteroatoms. The topological polar surface area (TPSA) is 52.2 Å². The lowest BCUT2D eigenvalue weighted by molar-refractivity contribution is 0.995. The van der Waals surface area contributed by atoms with E-state index in [-0.39, 0.29) is 5.56 Å². The number of hydrogen-bond donors (Lipinski definition) is 0. The SMILES string of the molecule is Cc1ccc(-n2ccc3c(cnc4nc5ccccc5n43)c2=O)cc1C. The van der Waals surface area contributed by atoms with Crippen molar-refractivity contribution >= 4 is 27.7 Å². The van der Waals surface area contributed by atoms with Crippen LogP contribution < -0.4 is 5.56 Å². The first-order valence-electron chi connectivity index (χ1n) is 8.49. The molecule has 26 heavy (non-hydrogen) atoms. The number of benzene rings is 2. The highest BCUT2D eigenvalue weighted by molar-refractivity contribution is 5.88. The van der Waals surface area contributed by atoms with Gasteiger partial charge < -0.3 is 0 Å². The van der Waals surface area contributed by atoms with Gasteiger partial charge in [0.05, 0.1) is 21.9 Å². The van der Waals surface area contributed by atoms with Crippen molar-refractivity contribution in [1.29, 1.82) is 0 Å². The van der Waals surface area contributed by atoms with Crippen molar-refractivity contribution in [3.8, 4) is 5.69 Å². The molecule has 0 N–H and O–H groups in total. The molecule has 0 saturated carbocycles. The molecular formula is C21H16N4O. The van der Waals surface area contributed by atoms with Gasteiger partial charge in [0.25, 0.3) is 5.56 Å². The Labute approximate surface area is 149 Å². The fourth-order valence-electron chi connectivity index (χ4n) is 3.40. The Balaban J connectivity index is 1.86. The van der Waals surface area contributed by atoms with Crippen LogP contribution in [0, 0.1) is 13.8 Å². The summed E-state index contributed by atoms with van der Waals surface area (Å²) in [7, 11) is 0. The van der Waals surface area contributed by atoms with Gasteiger partial charge >= 0.3 is 0 Å². The molecule has 0 aliphatic rings. The summed E-state index contributed by atoms with van der Waals surface area (Å²) in [5.41, 5.74) is 5.76. The van der Waals surface area contributed by atoms with Gasteiger partial charge in [0.1, 0.15) is 0 Å². The quantitative estimate of drug-likeness (QED) is 0.466. The zero-order valence-corrected chi connectivity index (χ0v) is 14.5. The summed E-state index contributed by atoms with van der Waals surface area (Å²) in [6.07, 6.45) is 3.44. The number of pyridine rings is 1. The molecule has 0 fully saturated rings. The van der Waals surface area contributed by atoms with Crippen molar-refractivity contribution in [2.24, 2.45) is 0 Å². The fraction of sp³-hybridized carbons (Fsp3) is 0.0952. The Morgan fingerprint density at radius 3 is 2.62 bits per heavy atom. The summed E-state index contributed by atoms with van der Waals surface area (Å²) >= 11 is 0. The van der Waals surface area contributed by atoms with E-state index in [1.807, 2.05) is 66.1 Å². The summed E-state index contributed by atoms with van der Waals surface area (Å²) in [4.78, 5) is 22.1. The fourth-order valence-corrected chi connectivity index (χ4v) is 3.40. The third kappa shape index (κ3) is 2.00. The van der Waals surface area contributed by atoms with Crippen LogP contribution in [0.4, 0.5) is 0 Å². The number of hydrogen-bond acceptors (Lipinski definition) is 3. The molecule has 0 atom stereocenters. The van der Waals surface area contributed by atoms with E-state index < -0.39 is 0 Å². The molecule has 0 radical (unpaired) electrons. The number of para-hydroxylation sites is 2. The van der Waals surface area contributed by atoms with E-state index in [1.54, 1.807) is 10.8 Å². The number of imidazole rings is 1. The Bertz CT molecular complexity index is 1380. The van der Waals surface area contributed by atoms with Crippen molar-refractivity contribution in [2.75, 3.05) is 0 Å². The third-order valence-electron chi connectivity index (χ3n) is 4.97. The van der Waals surface area contributed by atoms with E-state index in [9.17, 15) is 4.79 Å². The minimum absolute atomic E-state index is 0.0852. The van der Waals surface area contributed by atoms with E-state index in [0.29, 0.717) is 11.2 Å². The van der Waals surface area contributed by atoms with Crippen LogP contribution in [-0.2, 0) is 0 Å². The van der Waals surface area contributed by atoms with Crippen molar-refractivity contribution < 1.29 is 0 Å². The van der Waals surface area contributed by atoms with Crippen LogP contribution in [0.5, 0.6) is 0 Å². The standard InChI is InChI=1S/C21H16N4O/c1-13-7-8-15(11-14(13)2)24-10-9-18-16(20(24)26)12-22-21-23-17-5-3-4-6-19(17)25(18)21/h3-12H,1-2H3. The second-order valence-electron chi connectivity index (χ2n) is 6.55. The van der Waals surface area contributed by atoms with E-state index >= 15 is 0 Å². The maximum absolute atomic E-state index is 13.1. The van der Waals surface area contributed by atoms with E-state index in [2.05, 4.69) is 16.9 Å².